The number of hydrogen-bond donors (Lipinski definition) is 0. The van der Waals surface area contributed by atoms with Gasteiger partial charge >= 0.3 is 0 Å². The molecule has 1 aromatic carbocycles. The lowest BCUT2D eigenvalue weighted by Gasteiger charge is -2.34. The molecule has 2 aliphatic heterocycles. The smallest absolute Gasteiger partial charge is 0.261 e. The van der Waals surface area contributed by atoms with Gasteiger partial charge in [-0.2, -0.15) is 0 Å². The molecular formula is C21H23N3O3S. The minimum absolute atomic E-state index is 0.00325. The van der Waals surface area contributed by atoms with Crippen molar-refractivity contribution < 1.29 is 14.4 Å². The van der Waals surface area contributed by atoms with Crippen LogP contribution in [0.1, 0.15) is 37.6 Å². The third kappa shape index (κ3) is 3.72. The fourth-order valence-electron chi connectivity index (χ4n) is 3.75. The number of benzene rings is 1. The zero-order valence-electron chi connectivity index (χ0n) is 15.9. The van der Waals surface area contributed by atoms with Crippen LogP contribution in [-0.4, -0.2) is 65.1 Å². The molecule has 6 nitrogen and oxygen atoms in total. The SMILES string of the molecule is Cc1ccc2c(c1)C(=O)N(CCC(=O)N1CCN(Cc3cccs3)CC1)C2=O. The molecule has 4 rings (SSSR count). The molecule has 1 aromatic heterocycles. The summed E-state index contributed by atoms with van der Waals surface area (Å²) in [6.07, 6.45) is 0.176. The van der Waals surface area contributed by atoms with E-state index in [1.54, 1.807) is 23.5 Å². The lowest BCUT2D eigenvalue weighted by Crippen LogP contribution is -2.48. The van der Waals surface area contributed by atoms with E-state index in [1.165, 1.54) is 9.78 Å². The summed E-state index contributed by atoms with van der Waals surface area (Å²) in [4.78, 5) is 44.3. The van der Waals surface area contributed by atoms with E-state index in [-0.39, 0.29) is 30.7 Å². The predicted molar refractivity (Wildman–Crippen MR) is 107 cm³/mol. The van der Waals surface area contributed by atoms with Crippen molar-refractivity contribution in [3.05, 3.63) is 57.3 Å². The summed E-state index contributed by atoms with van der Waals surface area (Å²) in [6.45, 7) is 6.01. The number of carbonyl (C=O) groups is 3. The van der Waals surface area contributed by atoms with E-state index in [2.05, 4.69) is 22.4 Å². The molecule has 0 saturated carbocycles. The van der Waals surface area contributed by atoms with Crippen molar-refractivity contribution in [2.45, 2.75) is 19.9 Å². The molecule has 2 aromatic rings. The second-order valence-corrected chi connectivity index (χ2v) is 8.33. The molecule has 0 atom stereocenters. The normalized spacial score (nSPS) is 17.3. The Morgan fingerprint density at radius 2 is 1.79 bits per heavy atom. The van der Waals surface area contributed by atoms with Crippen LogP contribution < -0.4 is 0 Å². The van der Waals surface area contributed by atoms with Crippen molar-refractivity contribution in [1.82, 2.24) is 14.7 Å². The van der Waals surface area contributed by atoms with Gasteiger partial charge in [-0.25, -0.2) is 0 Å². The highest BCUT2D eigenvalue weighted by Crippen LogP contribution is 2.24. The topological polar surface area (TPSA) is 60.9 Å². The summed E-state index contributed by atoms with van der Waals surface area (Å²) < 4.78 is 0. The molecule has 3 heterocycles. The Kier molecular flexibility index (Phi) is 5.28. The third-order valence-corrected chi connectivity index (χ3v) is 6.22. The maximum absolute atomic E-state index is 12.6. The second-order valence-electron chi connectivity index (χ2n) is 7.30. The fourth-order valence-corrected chi connectivity index (χ4v) is 4.50. The Morgan fingerprint density at radius 3 is 2.50 bits per heavy atom. The monoisotopic (exact) mass is 397 g/mol. The molecule has 28 heavy (non-hydrogen) atoms. The van der Waals surface area contributed by atoms with Gasteiger partial charge in [-0.15, -0.1) is 11.3 Å². The van der Waals surface area contributed by atoms with Gasteiger partial charge in [0.1, 0.15) is 0 Å². The first kappa shape index (κ1) is 18.8. The molecule has 0 radical (unpaired) electrons. The van der Waals surface area contributed by atoms with E-state index in [0.29, 0.717) is 24.2 Å². The first-order valence-electron chi connectivity index (χ1n) is 9.52. The fraction of sp³-hybridized carbons (Fsp3) is 0.381. The predicted octanol–water partition coefficient (Wildman–Crippen LogP) is 2.39. The number of rotatable bonds is 5. The van der Waals surface area contributed by atoms with Gasteiger partial charge in [-0.1, -0.05) is 17.7 Å². The number of aryl methyl sites for hydroxylation is 1. The average Bonchev–Trinajstić information content (AvgIpc) is 3.28. The highest BCUT2D eigenvalue weighted by atomic mass is 32.1. The number of amides is 3. The maximum Gasteiger partial charge on any atom is 0.261 e. The number of imide groups is 1. The first-order chi connectivity index (χ1) is 13.5. The lowest BCUT2D eigenvalue weighted by atomic mass is 10.1. The van der Waals surface area contributed by atoms with E-state index < -0.39 is 0 Å². The molecule has 0 bridgehead atoms. The van der Waals surface area contributed by atoms with Gasteiger partial charge in [0.25, 0.3) is 11.8 Å². The minimum Gasteiger partial charge on any atom is -0.340 e. The van der Waals surface area contributed by atoms with Gasteiger partial charge in [0.2, 0.25) is 5.91 Å². The average molecular weight is 398 g/mol. The minimum atomic E-state index is -0.298. The Bertz CT molecular complexity index is 902. The van der Waals surface area contributed by atoms with Gasteiger partial charge in [-0.05, 0) is 30.5 Å². The van der Waals surface area contributed by atoms with E-state index in [9.17, 15) is 14.4 Å². The molecule has 7 heteroatoms. The number of carbonyl (C=O) groups excluding carboxylic acids is 3. The van der Waals surface area contributed by atoms with Gasteiger partial charge in [0, 0.05) is 50.6 Å². The number of piperazine rings is 1. The summed E-state index contributed by atoms with van der Waals surface area (Å²) in [5.41, 5.74) is 1.82. The highest BCUT2D eigenvalue weighted by molar-refractivity contribution is 7.09. The first-order valence-corrected chi connectivity index (χ1v) is 10.4. The van der Waals surface area contributed by atoms with Crippen LogP contribution in [-0.2, 0) is 11.3 Å². The van der Waals surface area contributed by atoms with E-state index in [4.69, 9.17) is 0 Å². The summed E-state index contributed by atoms with van der Waals surface area (Å²) in [7, 11) is 0. The van der Waals surface area contributed by atoms with Crippen LogP contribution >= 0.6 is 11.3 Å². The van der Waals surface area contributed by atoms with Crippen LogP contribution in [0.25, 0.3) is 0 Å². The summed E-state index contributed by atoms with van der Waals surface area (Å²) >= 11 is 1.75. The molecular weight excluding hydrogens is 374 g/mol. The van der Waals surface area contributed by atoms with Crippen molar-refractivity contribution in [1.29, 1.82) is 0 Å². The Morgan fingerprint density at radius 1 is 1.04 bits per heavy atom. The largest absolute Gasteiger partial charge is 0.340 e. The number of nitrogens with zero attached hydrogens (tertiary/aromatic N) is 3. The van der Waals surface area contributed by atoms with Crippen LogP contribution in [0.15, 0.2) is 35.7 Å². The molecule has 0 N–H and O–H groups in total. The molecule has 3 amide bonds. The summed E-state index contributed by atoms with van der Waals surface area (Å²) in [5, 5.41) is 2.08. The quantitative estimate of drug-likeness (QED) is 0.727. The van der Waals surface area contributed by atoms with Crippen molar-refractivity contribution in [2.75, 3.05) is 32.7 Å². The Labute approximate surface area is 168 Å². The summed E-state index contributed by atoms with van der Waals surface area (Å²) in [5.74, 6) is -0.589. The third-order valence-electron chi connectivity index (χ3n) is 5.36. The molecule has 2 aliphatic rings. The number of hydrogen-bond acceptors (Lipinski definition) is 5. The van der Waals surface area contributed by atoms with Crippen molar-refractivity contribution in [3.8, 4) is 0 Å². The molecule has 0 unspecified atom stereocenters. The van der Waals surface area contributed by atoms with Crippen LogP contribution in [0.2, 0.25) is 0 Å². The van der Waals surface area contributed by atoms with Gasteiger partial charge in [0.15, 0.2) is 0 Å². The van der Waals surface area contributed by atoms with E-state index >= 15 is 0 Å². The number of fused-ring (bicyclic) bond motifs is 1. The molecule has 0 aliphatic carbocycles. The lowest BCUT2D eigenvalue weighted by molar-refractivity contribution is -0.133. The molecule has 0 spiro atoms. The standard InChI is InChI=1S/C21H23N3O3S/c1-15-4-5-17-18(13-15)21(27)24(20(17)26)7-6-19(25)23-10-8-22(9-11-23)14-16-3-2-12-28-16/h2-5,12-13H,6-11,14H2,1H3. The van der Waals surface area contributed by atoms with Crippen LogP contribution in [0, 0.1) is 6.92 Å². The zero-order chi connectivity index (χ0) is 19.7. The van der Waals surface area contributed by atoms with Crippen LogP contribution in [0.5, 0.6) is 0 Å². The highest BCUT2D eigenvalue weighted by Gasteiger charge is 2.35. The molecule has 1 fully saturated rings. The van der Waals surface area contributed by atoms with Crippen LogP contribution in [0.4, 0.5) is 0 Å². The van der Waals surface area contributed by atoms with Gasteiger partial charge in [-0.3, -0.25) is 24.2 Å². The summed E-state index contributed by atoms with van der Waals surface area (Å²) in [6, 6.07) is 9.45. The van der Waals surface area contributed by atoms with Crippen molar-refractivity contribution in [2.24, 2.45) is 0 Å². The molecule has 146 valence electrons. The second kappa shape index (κ2) is 7.85. The Hall–Kier alpha value is -2.51. The molecule has 1 saturated heterocycles. The van der Waals surface area contributed by atoms with Crippen molar-refractivity contribution >= 4 is 29.1 Å². The van der Waals surface area contributed by atoms with Gasteiger partial charge in [0.05, 0.1) is 11.1 Å². The van der Waals surface area contributed by atoms with Crippen LogP contribution in [0.3, 0.4) is 0 Å². The number of thiophene rings is 1. The van der Waals surface area contributed by atoms with Crippen molar-refractivity contribution in [3.63, 3.8) is 0 Å². The van der Waals surface area contributed by atoms with E-state index in [0.717, 1.165) is 25.2 Å². The van der Waals surface area contributed by atoms with E-state index in [1.807, 2.05) is 17.9 Å². The Balaban J connectivity index is 1.28. The maximum atomic E-state index is 12.6. The van der Waals surface area contributed by atoms with Gasteiger partial charge < -0.3 is 4.90 Å². The zero-order valence-corrected chi connectivity index (χ0v) is 16.7.